The molecule has 0 saturated carbocycles. The summed E-state index contributed by atoms with van der Waals surface area (Å²) in [5.74, 6) is -1.34. The zero-order valence-corrected chi connectivity index (χ0v) is 13.7. The summed E-state index contributed by atoms with van der Waals surface area (Å²) in [6.07, 6.45) is 0. The Labute approximate surface area is 148 Å². The molecular weight excluding hydrogens is 336 g/mol. The first-order valence-electron chi connectivity index (χ1n) is 8.20. The number of carbonyl (C=O) groups excluding carboxylic acids is 2. The van der Waals surface area contributed by atoms with Crippen LogP contribution in [0.15, 0.2) is 54.6 Å². The number of hydrazine groups is 1. The Morgan fingerprint density at radius 2 is 1.81 bits per heavy atom. The molecule has 0 bridgehead atoms. The van der Waals surface area contributed by atoms with E-state index in [9.17, 15) is 19.7 Å². The molecule has 2 N–H and O–H groups in total. The number of non-ortho nitro benzene ring substituents is 1. The number of hydrogen-bond acceptors (Lipinski definition) is 6. The number of rotatable bonds is 4. The molecule has 0 aliphatic carbocycles. The molecule has 2 fully saturated rings. The maximum absolute atomic E-state index is 12.3. The van der Waals surface area contributed by atoms with Crippen molar-refractivity contribution in [2.75, 3.05) is 0 Å². The van der Waals surface area contributed by atoms with Crippen LogP contribution in [0, 0.1) is 16.0 Å². The Morgan fingerprint density at radius 1 is 1.04 bits per heavy atom. The van der Waals surface area contributed by atoms with Gasteiger partial charge >= 0.3 is 0 Å². The highest BCUT2D eigenvalue weighted by Gasteiger charge is 2.54. The van der Waals surface area contributed by atoms with E-state index in [1.165, 1.54) is 12.1 Å². The van der Waals surface area contributed by atoms with Gasteiger partial charge in [-0.1, -0.05) is 42.5 Å². The fourth-order valence-corrected chi connectivity index (χ4v) is 3.63. The number of fused-ring (bicyclic) bond motifs is 1. The van der Waals surface area contributed by atoms with Gasteiger partial charge in [-0.3, -0.25) is 25.0 Å². The van der Waals surface area contributed by atoms with Crippen LogP contribution in [0.3, 0.4) is 0 Å². The standard InChI is InChI=1S/C18H16N4O4/c23-17-14-15(12-7-4-8-13(9-12)22(25)26)20-21(16(14)18(24)19-17)10-11-5-2-1-3-6-11/h1-9,14-16,20H,10H2,(H,19,23,24)/t14-,15-,16-/m1/s1. The second kappa shape index (κ2) is 6.32. The minimum absolute atomic E-state index is 0.0490. The van der Waals surface area contributed by atoms with Crippen molar-refractivity contribution in [1.82, 2.24) is 15.8 Å². The summed E-state index contributed by atoms with van der Waals surface area (Å²) in [5, 5.41) is 15.2. The van der Waals surface area contributed by atoms with Gasteiger partial charge < -0.3 is 0 Å². The lowest BCUT2D eigenvalue weighted by Crippen LogP contribution is -2.43. The minimum Gasteiger partial charge on any atom is -0.295 e. The highest BCUT2D eigenvalue weighted by Crippen LogP contribution is 2.38. The van der Waals surface area contributed by atoms with Gasteiger partial charge in [-0.15, -0.1) is 0 Å². The van der Waals surface area contributed by atoms with Crippen LogP contribution in [0.1, 0.15) is 17.2 Å². The highest BCUT2D eigenvalue weighted by atomic mass is 16.6. The van der Waals surface area contributed by atoms with Crippen LogP contribution in [0.2, 0.25) is 0 Å². The number of nitro groups is 1. The molecule has 0 unspecified atom stereocenters. The molecule has 0 radical (unpaired) electrons. The number of hydrogen-bond donors (Lipinski definition) is 2. The third-order valence-electron chi connectivity index (χ3n) is 4.79. The van der Waals surface area contributed by atoms with E-state index in [0.29, 0.717) is 12.1 Å². The quantitative estimate of drug-likeness (QED) is 0.488. The van der Waals surface area contributed by atoms with E-state index in [0.717, 1.165) is 5.56 Å². The summed E-state index contributed by atoms with van der Waals surface area (Å²) in [6.45, 7) is 0.439. The molecule has 0 aromatic heterocycles. The second-order valence-corrected chi connectivity index (χ2v) is 6.40. The first-order valence-corrected chi connectivity index (χ1v) is 8.20. The van der Waals surface area contributed by atoms with Gasteiger partial charge in [-0.25, -0.2) is 10.4 Å². The van der Waals surface area contributed by atoms with Gasteiger partial charge in [0.2, 0.25) is 11.8 Å². The number of nitro benzene ring substituents is 1. The van der Waals surface area contributed by atoms with Gasteiger partial charge in [0.1, 0.15) is 6.04 Å². The van der Waals surface area contributed by atoms with Crippen molar-refractivity contribution in [2.24, 2.45) is 5.92 Å². The highest BCUT2D eigenvalue weighted by molar-refractivity contribution is 6.07. The molecular formula is C18H16N4O4. The molecule has 8 nitrogen and oxygen atoms in total. The van der Waals surface area contributed by atoms with Crippen molar-refractivity contribution in [3.05, 3.63) is 75.8 Å². The number of amides is 2. The number of nitrogens with zero attached hydrogens (tertiary/aromatic N) is 2. The van der Waals surface area contributed by atoms with Crippen LogP contribution in [-0.4, -0.2) is 27.8 Å². The van der Waals surface area contributed by atoms with E-state index >= 15 is 0 Å². The average molecular weight is 352 g/mol. The molecule has 26 heavy (non-hydrogen) atoms. The number of carbonyl (C=O) groups is 2. The van der Waals surface area contributed by atoms with E-state index in [1.807, 2.05) is 30.3 Å². The fraction of sp³-hybridized carbons (Fsp3) is 0.222. The summed E-state index contributed by atoms with van der Waals surface area (Å²) >= 11 is 0. The summed E-state index contributed by atoms with van der Waals surface area (Å²) in [6, 6.07) is 14.6. The number of benzene rings is 2. The lowest BCUT2D eigenvalue weighted by Gasteiger charge is -2.22. The largest absolute Gasteiger partial charge is 0.295 e. The lowest BCUT2D eigenvalue weighted by molar-refractivity contribution is -0.384. The second-order valence-electron chi connectivity index (χ2n) is 6.40. The number of nitrogens with one attached hydrogen (secondary N) is 2. The predicted molar refractivity (Wildman–Crippen MR) is 91.4 cm³/mol. The molecule has 2 aromatic carbocycles. The Balaban J connectivity index is 1.68. The Bertz CT molecular complexity index is 886. The Hall–Kier alpha value is -3.10. The molecule has 3 atom stereocenters. The molecule has 2 amide bonds. The maximum Gasteiger partial charge on any atom is 0.269 e. The molecule has 2 aliphatic heterocycles. The first-order chi connectivity index (χ1) is 12.5. The Morgan fingerprint density at radius 3 is 2.54 bits per heavy atom. The van der Waals surface area contributed by atoms with E-state index in [4.69, 9.17) is 0 Å². The van der Waals surface area contributed by atoms with Crippen molar-refractivity contribution < 1.29 is 14.5 Å². The topological polar surface area (TPSA) is 105 Å². The van der Waals surface area contributed by atoms with Crippen LogP contribution in [0.4, 0.5) is 5.69 Å². The van der Waals surface area contributed by atoms with Gasteiger partial charge in [-0.2, -0.15) is 0 Å². The third kappa shape index (κ3) is 2.75. The minimum atomic E-state index is -0.646. The summed E-state index contributed by atoms with van der Waals surface area (Å²) in [4.78, 5) is 35.2. The lowest BCUT2D eigenvalue weighted by atomic mass is 9.90. The molecule has 0 spiro atoms. The predicted octanol–water partition coefficient (Wildman–Crippen LogP) is 1.30. The smallest absolute Gasteiger partial charge is 0.269 e. The molecule has 132 valence electrons. The molecule has 2 heterocycles. The molecule has 4 rings (SSSR count). The maximum atomic E-state index is 12.3. The first kappa shape index (κ1) is 16.4. The number of imide groups is 1. The van der Waals surface area contributed by atoms with Gasteiger partial charge in [0.15, 0.2) is 0 Å². The van der Waals surface area contributed by atoms with Gasteiger partial charge in [0.05, 0.1) is 16.9 Å². The van der Waals surface area contributed by atoms with E-state index in [2.05, 4.69) is 10.7 Å². The zero-order valence-electron chi connectivity index (χ0n) is 13.7. The fourth-order valence-electron chi connectivity index (χ4n) is 3.63. The zero-order chi connectivity index (χ0) is 18.3. The third-order valence-corrected chi connectivity index (χ3v) is 4.79. The van der Waals surface area contributed by atoms with Gasteiger partial charge in [-0.05, 0) is 11.1 Å². The molecule has 2 aliphatic rings. The monoisotopic (exact) mass is 352 g/mol. The summed E-state index contributed by atoms with van der Waals surface area (Å²) in [7, 11) is 0. The van der Waals surface area contributed by atoms with E-state index in [-0.39, 0.29) is 17.5 Å². The van der Waals surface area contributed by atoms with E-state index in [1.54, 1.807) is 17.1 Å². The Kier molecular flexibility index (Phi) is 3.98. The van der Waals surface area contributed by atoms with Crippen LogP contribution in [0.25, 0.3) is 0 Å². The van der Waals surface area contributed by atoms with Crippen molar-refractivity contribution in [2.45, 2.75) is 18.6 Å². The van der Waals surface area contributed by atoms with Crippen molar-refractivity contribution in [1.29, 1.82) is 0 Å². The van der Waals surface area contributed by atoms with E-state index < -0.39 is 22.9 Å². The van der Waals surface area contributed by atoms with Crippen molar-refractivity contribution in [3.8, 4) is 0 Å². The SMILES string of the molecule is O=C1NC(=O)[C@H]2[C@H]1[C@@H](c1cccc([N+](=O)[O-])c1)NN2Cc1ccccc1. The summed E-state index contributed by atoms with van der Waals surface area (Å²) < 4.78 is 0. The van der Waals surface area contributed by atoms with Crippen molar-refractivity contribution in [3.63, 3.8) is 0 Å². The van der Waals surface area contributed by atoms with Crippen molar-refractivity contribution >= 4 is 17.5 Å². The van der Waals surface area contributed by atoms with Crippen LogP contribution >= 0.6 is 0 Å². The van der Waals surface area contributed by atoms with Crippen LogP contribution in [0.5, 0.6) is 0 Å². The average Bonchev–Trinajstić information content (AvgIpc) is 3.15. The van der Waals surface area contributed by atoms with Gasteiger partial charge in [0.25, 0.3) is 5.69 Å². The molecule has 2 saturated heterocycles. The summed E-state index contributed by atoms with van der Waals surface area (Å²) in [5.41, 5.74) is 4.76. The van der Waals surface area contributed by atoms with Gasteiger partial charge in [0, 0.05) is 18.7 Å². The van der Waals surface area contributed by atoms with Crippen LogP contribution in [-0.2, 0) is 16.1 Å². The van der Waals surface area contributed by atoms with Crippen LogP contribution < -0.4 is 10.7 Å². The normalized spacial score (nSPS) is 25.2. The molecule has 2 aromatic rings. The molecule has 8 heteroatoms.